The van der Waals surface area contributed by atoms with Crippen molar-refractivity contribution in [3.8, 4) is 0 Å². The van der Waals surface area contributed by atoms with E-state index in [1.54, 1.807) is 6.08 Å². The predicted octanol–water partition coefficient (Wildman–Crippen LogP) is 5.29. The van der Waals surface area contributed by atoms with Gasteiger partial charge in [-0.15, -0.1) is 0 Å². The lowest BCUT2D eigenvalue weighted by atomic mass is 9.73. The van der Waals surface area contributed by atoms with Crippen LogP contribution in [0.15, 0.2) is 97.1 Å². The Bertz CT molecular complexity index is 1120. The number of rotatable bonds is 6. The average molecular weight is 425 g/mol. The maximum Gasteiger partial charge on any atom is 0.257 e. The van der Waals surface area contributed by atoms with Gasteiger partial charge in [0.05, 0.1) is 18.0 Å². The second kappa shape index (κ2) is 8.83. The number of β-lactam (4-membered cyclic amide) rings is 2. The Morgan fingerprint density at radius 2 is 1.41 bits per heavy atom. The van der Waals surface area contributed by atoms with E-state index in [-0.39, 0.29) is 29.8 Å². The predicted molar refractivity (Wildman–Crippen MR) is 131 cm³/mol. The molecule has 2 amide bonds. The zero-order valence-electron chi connectivity index (χ0n) is 18.7. The minimum Gasteiger partial charge on any atom is -0.305 e. The van der Waals surface area contributed by atoms with E-state index in [9.17, 15) is 9.59 Å². The molecule has 2 aromatic carbocycles. The fourth-order valence-corrected chi connectivity index (χ4v) is 4.42. The second-order valence-electron chi connectivity index (χ2n) is 8.28. The van der Waals surface area contributed by atoms with Crippen LogP contribution in [-0.2, 0) is 9.59 Å². The SMILES string of the molecule is C=C/C=C/C1C(=O)N(c2ccc(C)cc2)C1C1/C(=C/C=C/C)C(=O)N1c1ccc(C)cc1. The van der Waals surface area contributed by atoms with Crippen molar-refractivity contribution in [1.29, 1.82) is 0 Å². The summed E-state index contributed by atoms with van der Waals surface area (Å²) >= 11 is 0. The van der Waals surface area contributed by atoms with Gasteiger partial charge >= 0.3 is 0 Å². The van der Waals surface area contributed by atoms with E-state index in [2.05, 4.69) is 6.58 Å². The van der Waals surface area contributed by atoms with Gasteiger partial charge in [0.2, 0.25) is 5.91 Å². The lowest BCUT2D eigenvalue weighted by Gasteiger charge is -2.56. The van der Waals surface area contributed by atoms with Crippen LogP contribution in [0, 0.1) is 19.8 Å². The molecule has 4 rings (SSSR count). The molecule has 3 unspecified atom stereocenters. The lowest BCUT2D eigenvalue weighted by molar-refractivity contribution is -0.130. The number of carbonyl (C=O) groups excluding carboxylic acids is 2. The molecule has 0 aromatic heterocycles. The number of nitrogens with zero attached hydrogens (tertiary/aromatic N) is 2. The third kappa shape index (κ3) is 3.62. The standard InChI is InChI=1S/C28H28N2O2/c1-5-7-9-23-25(29(27(23)31)21-15-11-19(3)12-16-21)26-24(10-8-6-2)28(32)30(26)22-17-13-20(4)14-18-22/h5-18,23,25-26H,1H2,2-4H3/b8-6+,9-7+,24-10-. The molecule has 0 bridgehead atoms. The number of carbonyl (C=O) groups is 2. The zero-order chi connectivity index (χ0) is 22.8. The molecule has 2 aromatic rings. The first kappa shape index (κ1) is 21.6. The van der Waals surface area contributed by atoms with E-state index in [1.807, 2.05) is 109 Å². The summed E-state index contributed by atoms with van der Waals surface area (Å²) in [4.78, 5) is 30.0. The number of amides is 2. The maximum atomic E-state index is 13.2. The Kier molecular flexibility index (Phi) is 5.95. The third-order valence-electron chi connectivity index (χ3n) is 6.12. The fraction of sp³-hybridized carbons (Fsp3) is 0.214. The molecule has 4 heteroatoms. The van der Waals surface area contributed by atoms with Gasteiger partial charge in [-0.3, -0.25) is 14.5 Å². The van der Waals surface area contributed by atoms with Crippen molar-refractivity contribution in [2.45, 2.75) is 32.9 Å². The molecule has 0 N–H and O–H groups in total. The summed E-state index contributed by atoms with van der Waals surface area (Å²) < 4.78 is 0. The molecule has 0 radical (unpaired) electrons. The van der Waals surface area contributed by atoms with Crippen LogP contribution in [0.25, 0.3) is 0 Å². The van der Waals surface area contributed by atoms with Crippen molar-refractivity contribution < 1.29 is 9.59 Å². The van der Waals surface area contributed by atoms with Gasteiger partial charge in [0.25, 0.3) is 5.91 Å². The monoisotopic (exact) mass is 424 g/mol. The Labute approximate surface area is 189 Å². The first-order chi connectivity index (χ1) is 15.5. The van der Waals surface area contributed by atoms with Crippen LogP contribution in [0.1, 0.15) is 18.1 Å². The molecule has 162 valence electrons. The number of hydrogen-bond donors (Lipinski definition) is 0. The highest BCUT2D eigenvalue weighted by Gasteiger charge is 2.59. The van der Waals surface area contributed by atoms with Gasteiger partial charge in [-0.2, -0.15) is 0 Å². The van der Waals surface area contributed by atoms with Crippen LogP contribution in [-0.4, -0.2) is 23.9 Å². The number of hydrogen-bond acceptors (Lipinski definition) is 2. The first-order valence-corrected chi connectivity index (χ1v) is 10.9. The molecule has 2 heterocycles. The average Bonchev–Trinajstić information content (AvgIpc) is 2.79. The molecule has 4 nitrogen and oxygen atoms in total. The topological polar surface area (TPSA) is 40.6 Å². The van der Waals surface area contributed by atoms with E-state index in [1.165, 1.54) is 0 Å². The smallest absolute Gasteiger partial charge is 0.257 e. The van der Waals surface area contributed by atoms with Gasteiger partial charge < -0.3 is 4.90 Å². The van der Waals surface area contributed by atoms with Crippen LogP contribution >= 0.6 is 0 Å². The summed E-state index contributed by atoms with van der Waals surface area (Å²) in [6, 6.07) is 15.5. The zero-order valence-corrected chi connectivity index (χ0v) is 18.7. The van der Waals surface area contributed by atoms with Gasteiger partial charge in [0.15, 0.2) is 0 Å². The fourth-order valence-electron chi connectivity index (χ4n) is 4.42. The first-order valence-electron chi connectivity index (χ1n) is 10.9. The van der Waals surface area contributed by atoms with E-state index >= 15 is 0 Å². The molecule has 32 heavy (non-hydrogen) atoms. The minimum absolute atomic E-state index is 0.0217. The van der Waals surface area contributed by atoms with E-state index < -0.39 is 0 Å². The number of allylic oxidation sites excluding steroid dienone is 5. The normalized spacial score (nSPS) is 24.3. The largest absolute Gasteiger partial charge is 0.305 e. The molecule has 2 saturated heterocycles. The van der Waals surface area contributed by atoms with E-state index in [0.29, 0.717) is 0 Å². The van der Waals surface area contributed by atoms with Crippen LogP contribution in [0.2, 0.25) is 0 Å². The molecule has 2 fully saturated rings. The van der Waals surface area contributed by atoms with Gasteiger partial charge in [-0.05, 0) is 45.0 Å². The summed E-state index contributed by atoms with van der Waals surface area (Å²) in [5.74, 6) is -0.313. The summed E-state index contributed by atoms with van der Waals surface area (Å²) in [5, 5.41) is 0. The van der Waals surface area contributed by atoms with Crippen molar-refractivity contribution >= 4 is 23.2 Å². The summed E-state index contributed by atoms with van der Waals surface area (Å²) in [5.41, 5.74) is 4.68. The molecule has 2 aliphatic rings. The molecule has 0 spiro atoms. The Morgan fingerprint density at radius 1 is 0.844 bits per heavy atom. The number of benzene rings is 2. The second-order valence-corrected chi connectivity index (χ2v) is 8.28. The highest BCUT2D eigenvalue weighted by Crippen LogP contribution is 2.45. The Hall–Kier alpha value is -3.66. The molecular formula is C28H28N2O2. The van der Waals surface area contributed by atoms with E-state index in [4.69, 9.17) is 0 Å². The number of aryl methyl sites for hydroxylation is 2. The van der Waals surface area contributed by atoms with Crippen LogP contribution < -0.4 is 9.80 Å². The third-order valence-corrected chi connectivity index (χ3v) is 6.12. The van der Waals surface area contributed by atoms with Crippen molar-refractivity contribution in [1.82, 2.24) is 0 Å². The van der Waals surface area contributed by atoms with Gasteiger partial charge in [-0.25, -0.2) is 0 Å². The number of anilines is 2. The van der Waals surface area contributed by atoms with Crippen LogP contribution in [0.4, 0.5) is 11.4 Å². The lowest BCUT2D eigenvalue weighted by Crippen LogP contribution is -2.74. The molecule has 3 atom stereocenters. The summed E-state index contributed by atoms with van der Waals surface area (Å²) in [6.07, 6.45) is 11.1. The van der Waals surface area contributed by atoms with E-state index in [0.717, 1.165) is 28.1 Å². The van der Waals surface area contributed by atoms with Gasteiger partial charge in [0.1, 0.15) is 0 Å². The van der Waals surface area contributed by atoms with Gasteiger partial charge in [-0.1, -0.05) is 78.4 Å². The van der Waals surface area contributed by atoms with Crippen molar-refractivity contribution in [2.24, 2.45) is 5.92 Å². The molecule has 0 saturated carbocycles. The highest BCUT2D eigenvalue weighted by atomic mass is 16.2. The van der Waals surface area contributed by atoms with Crippen molar-refractivity contribution in [3.05, 3.63) is 108 Å². The molecule has 0 aliphatic carbocycles. The Morgan fingerprint density at radius 3 is 1.94 bits per heavy atom. The van der Waals surface area contributed by atoms with Crippen LogP contribution in [0.3, 0.4) is 0 Å². The summed E-state index contributed by atoms with van der Waals surface area (Å²) in [7, 11) is 0. The maximum absolute atomic E-state index is 13.2. The minimum atomic E-state index is -0.325. The molecular weight excluding hydrogens is 396 g/mol. The highest BCUT2D eigenvalue weighted by molar-refractivity contribution is 6.17. The molecule has 2 aliphatic heterocycles. The van der Waals surface area contributed by atoms with Crippen molar-refractivity contribution in [3.63, 3.8) is 0 Å². The van der Waals surface area contributed by atoms with Crippen LogP contribution in [0.5, 0.6) is 0 Å². The summed E-state index contributed by atoms with van der Waals surface area (Å²) in [6.45, 7) is 9.72. The Balaban J connectivity index is 1.79. The quantitative estimate of drug-likeness (QED) is 0.359. The van der Waals surface area contributed by atoms with Gasteiger partial charge in [0, 0.05) is 16.9 Å². The van der Waals surface area contributed by atoms with Crippen molar-refractivity contribution in [2.75, 3.05) is 9.80 Å².